The Bertz CT molecular complexity index is 131. The second-order valence-corrected chi connectivity index (χ2v) is 2.70. The van der Waals surface area contributed by atoms with Crippen molar-refractivity contribution in [2.24, 2.45) is 0 Å². The monoisotopic (exact) mass is 242 g/mol. The van der Waals surface area contributed by atoms with Crippen LogP contribution in [0.25, 0.3) is 0 Å². The Morgan fingerprint density at radius 1 is 1.50 bits per heavy atom. The summed E-state index contributed by atoms with van der Waals surface area (Å²) in [5.74, 6) is 0. The Kier molecular flexibility index (Phi) is 6.49. The van der Waals surface area contributed by atoms with E-state index < -0.39 is 24.9 Å². The van der Waals surface area contributed by atoms with E-state index in [0.29, 0.717) is 6.29 Å². The summed E-state index contributed by atoms with van der Waals surface area (Å²) >= 11 is 2.55. The summed E-state index contributed by atoms with van der Waals surface area (Å²) in [5.41, 5.74) is 0. The smallest absolute Gasteiger partial charge is 0.153 e. The van der Waals surface area contributed by atoms with Crippen LogP contribution in [0, 0.1) is 0 Å². The molecule has 0 radical (unpaired) electrons. The number of aldehydes is 1. The van der Waals surface area contributed by atoms with E-state index in [9.17, 15) is 4.79 Å². The van der Waals surface area contributed by atoms with E-state index >= 15 is 0 Å². The van der Waals surface area contributed by atoms with E-state index in [1.165, 1.54) is 0 Å². The molecule has 0 spiro atoms. The number of hydrogen-bond acceptors (Lipinski definition) is 5. The molecule has 0 heterocycles. The van der Waals surface area contributed by atoms with Gasteiger partial charge in [0.15, 0.2) is 12.4 Å². The Balaban J connectivity index is 3.82. The molecule has 3 N–H and O–H groups in total. The minimum absolute atomic E-state index is 0.106. The summed E-state index contributed by atoms with van der Waals surface area (Å²) in [5, 5.41) is 26.4. The zero-order valence-electron chi connectivity index (χ0n) is 6.26. The Hall–Kier alpha value is -0.0100. The third kappa shape index (κ3) is 4.13. The minimum atomic E-state index is -1.12. The van der Waals surface area contributed by atoms with Gasteiger partial charge in [-0.05, 0) is 0 Å². The molecule has 0 aliphatic rings. The minimum Gasteiger partial charge on any atom is -0.394 e. The Labute approximate surface area is 78.4 Å². The van der Waals surface area contributed by atoms with Crippen LogP contribution in [0.1, 0.15) is 6.42 Å². The Morgan fingerprint density at radius 3 is 2.42 bits per heavy atom. The summed E-state index contributed by atoms with van der Waals surface area (Å²) in [6, 6.07) is 0. The molecule has 0 saturated heterocycles. The highest BCUT2D eigenvalue weighted by Crippen LogP contribution is 2.07. The second kappa shape index (κ2) is 6.50. The molecule has 0 rings (SSSR count). The standard InChI is InChI=1S/C6H11BrO5/c7-12-6(3-9)5(11)1-4(10)2-8/h3-6,8,10-11H,1-2H2/t4-,5+,6+/m1/s1. The number of carbonyl (C=O) groups excluding carboxylic acids is 1. The zero-order chi connectivity index (χ0) is 9.56. The van der Waals surface area contributed by atoms with Gasteiger partial charge in [-0.3, -0.25) is 3.83 Å². The summed E-state index contributed by atoms with van der Waals surface area (Å²) in [7, 11) is 0. The van der Waals surface area contributed by atoms with Crippen molar-refractivity contribution in [3.63, 3.8) is 0 Å². The zero-order valence-corrected chi connectivity index (χ0v) is 7.85. The number of rotatable bonds is 6. The number of aliphatic hydroxyl groups is 3. The predicted octanol–water partition coefficient (Wildman–Crippen LogP) is -1.02. The molecule has 0 fully saturated rings. The van der Waals surface area contributed by atoms with Gasteiger partial charge in [-0.25, -0.2) is 0 Å². The predicted molar refractivity (Wildman–Crippen MR) is 43.6 cm³/mol. The Morgan fingerprint density at radius 2 is 2.08 bits per heavy atom. The number of aliphatic hydroxyl groups excluding tert-OH is 3. The fraction of sp³-hybridized carbons (Fsp3) is 0.833. The van der Waals surface area contributed by atoms with Crippen LogP contribution < -0.4 is 0 Å². The number of hydrogen-bond donors (Lipinski definition) is 3. The van der Waals surface area contributed by atoms with E-state index in [-0.39, 0.29) is 6.42 Å². The molecule has 12 heavy (non-hydrogen) atoms. The molecule has 0 aliphatic heterocycles. The lowest BCUT2D eigenvalue weighted by Gasteiger charge is -2.16. The molecule has 0 aromatic heterocycles. The summed E-state index contributed by atoms with van der Waals surface area (Å²) < 4.78 is 4.41. The summed E-state index contributed by atoms with van der Waals surface area (Å²) in [6.45, 7) is -0.453. The van der Waals surface area contributed by atoms with Gasteiger partial charge in [0.1, 0.15) is 0 Å². The normalized spacial score (nSPS) is 18.3. The van der Waals surface area contributed by atoms with Crippen molar-refractivity contribution in [1.82, 2.24) is 0 Å². The molecule has 0 aliphatic carbocycles. The molecule has 0 unspecified atom stereocenters. The molecule has 72 valence electrons. The lowest BCUT2D eigenvalue weighted by Crippen LogP contribution is -2.32. The molecule has 0 amide bonds. The van der Waals surface area contributed by atoms with Crippen molar-refractivity contribution >= 4 is 22.5 Å². The van der Waals surface area contributed by atoms with Gasteiger partial charge < -0.3 is 20.1 Å². The molecular weight excluding hydrogens is 232 g/mol. The van der Waals surface area contributed by atoms with E-state index in [1.807, 2.05) is 0 Å². The molecule has 5 nitrogen and oxygen atoms in total. The van der Waals surface area contributed by atoms with Crippen molar-refractivity contribution in [2.45, 2.75) is 24.7 Å². The van der Waals surface area contributed by atoms with Crippen LogP contribution in [0.5, 0.6) is 0 Å². The molecule has 0 aromatic rings. The van der Waals surface area contributed by atoms with E-state index in [4.69, 9.17) is 15.3 Å². The SMILES string of the molecule is O=C[C@H](OBr)[C@@H](O)C[C@@H](O)CO. The first kappa shape index (κ1) is 12.0. The fourth-order valence-corrected chi connectivity index (χ4v) is 0.996. The van der Waals surface area contributed by atoms with Crippen molar-refractivity contribution in [3.8, 4) is 0 Å². The molecule has 6 heteroatoms. The van der Waals surface area contributed by atoms with E-state index in [2.05, 4.69) is 20.1 Å². The molecule has 3 atom stereocenters. The molecular formula is C6H11BrO5. The van der Waals surface area contributed by atoms with Gasteiger partial charge in [-0.1, -0.05) is 0 Å². The summed E-state index contributed by atoms with van der Waals surface area (Å²) in [6.07, 6.45) is -2.88. The maximum atomic E-state index is 10.2. The van der Waals surface area contributed by atoms with E-state index in [0.717, 1.165) is 0 Å². The highest BCUT2D eigenvalue weighted by molar-refractivity contribution is 9.06. The average Bonchev–Trinajstić information content (AvgIpc) is 2.06. The van der Waals surface area contributed by atoms with Gasteiger partial charge in [0.2, 0.25) is 0 Å². The van der Waals surface area contributed by atoms with Crippen LogP contribution in [-0.2, 0) is 8.62 Å². The quantitative estimate of drug-likeness (QED) is 0.520. The first-order valence-corrected chi connectivity index (χ1v) is 4.00. The van der Waals surface area contributed by atoms with Crippen molar-refractivity contribution < 1.29 is 23.9 Å². The highest BCUT2D eigenvalue weighted by Gasteiger charge is 2.21. The lowest BCUT2D eigenvalue weighted by atomic mass is 10.1. The van der Waals surface area contributed by atoms with E-state index in [1.54, 1.807) is 0 Å². The van der Waals surface area contributed by atoms with Gasteiger partial charge >= 0.3 is 0 Å². The molecule has 0 aromatic carbocycles. The van der Waals surface area contributed by atoms with Gasteiger partial charge in [-0.2, -0.15) is 0 Å². The second-order valence-electron chi connectivity index (χ2n) is 2.33. The lowest BCUT2D eigenvalue weighted by molar-refractivity contribution is -0.118. The van der Waals surface area contributed by atoms with Crippen molar-refractivity contribution in [2.75, 3.05) is 6.61 Å². The molecule has 0 saturated carbocycles. The third-order valence-corrected chi connectivity index (χ3v) is 1.77. The van der Waals surface area contributed by atoms with Crippen LogP contribution in [0.4, 0.5) is 0 Å². The van der Waals surface area contributed by atoms with Crippen LogP contribution in [-0.4, -0.2) is 46.5 Å². The summed E-state index contributed by atoms with van der Waals surface area (Å²) in [4.78, 5) is 10.2. The number of halogens is 1. The van der Waals surface area contributed by atoms with Crippen LogP contribution in [0.2, 0.25) is 0 Å². The maximum absolute atomic E-state index is 10.2. The number of carbonyl (C=O) groups is 1. The topological polar surface area (TPSA) is 87.0 Å². The highest BCUT2D eigenvalue weighted by atomic mass is 79.9. The maximum Gasteiger partial charge on any atom is 0.153 e. The van der Waals surface area contributed by atoms with Crippen LogP contribution in [0.3, 0.4) is 0 Å². The largest absolute Gasteiger partial charge is 0.394 e. The first-order chi connectivity index (χ1) is 5.65. The van der Waals surface area contributed by atoms with Gasteiger partial charge in [0, 0.05) is 6.42 Å². The van der Waals surface area contributed by atoms with Crippen LogP contribution >= 0.6 is 16.3 Å². The van der Waals surface area contributed by atoms with Gasteiger partial charge in [-0.15, -0.1) is 0 Å². The third-order valence-electron chi connectivity index (χ3n) is 1.34. The van der Waals surface area contributed by atoms with Gasteiger partial charge in [0.25, 0.3) is 0 Å². The van der Waals surface area contributed by atoms with Crippen molar-refractivity contribution in [3.05, 3.63) is 0 Å². The van der Waals surface area contributed by atoms with Crippen LogP contribution in [0.15, 0.2) is 0 Å². The van der Waals surface area contributed by atoms with Crippen molar-refractivity contribution in [1.29, 1.82) is 0 Å². The van der Waals surface area contributed by atoms with Gasteiger partial charge in [0.05, 0.1) is 35.1 Å². The fourth-order valence-electron chi connectivity index (χ4n) is 0.658. The molecule has 0 bridgehead atoms. The first-order valence-electron chi connectivity index (χ1n) is 3.35. The average molecular weight is 243 g/mol.